The Balaban J connectivity index is 1.32. The molecule has 0 saturated carbocycles. The number of oxime groups is 1. The van der Waals surface area contributed by atoms with Crippen LogP contribution in [0.1, 0.15) is 39.2 Å². The van der Waals surface area contributed by atoms with Crippen LogP contribution in [0.3, 0.4) is 0 Å². The fourth-order valence-corrected chi connectivity index (χ4v) is 4.70. The van der Waals surface area contributed by atoms with E-state index in [2.05, 4.69) is 20.4 Å². The number of pyridine rings is 2. The molecule has 5 rings (SSSR count). The molecule has 192 valence electrons. The molecule has 1 aromatic carbocycles. The first-order valence-corrected chi connectivity index (χ1v) is 11.7. The van der Waals surface area contributed by atoms with Crippen LogP contribution in [0.2, 0.25) is 10.0 Å². The van der Waals surface area contributed by atoms with Crippen molar-refractivity contribution in [2.24, 2.45) is 5.16 Å². The predicted octanol–water partition coefficient (Wildman–Crippen LogP) is 5.36. The van der Waals surface area contributed by atoms with Gasteiger partial charge in [-0.15, -0.1) is 0 Å². The summed E-state index contributed by atoms with van der Waals surface area (Å²) in [5, 5.41) is 5.38. The highest BCUT2D eigenvalue weighted by Crippen LogP contribution is 2.50. The summed E-state index contributed by atoms with van der Waals surface area (Å²) < 4.78 is 56.7. The number of rotatable bonds is 4. The first-order chi connectivity index (χ1) is 17.6. The maximum atomic E-state index is 14.3. The van der Waals surface area contributed by atoms with E-state index in [-0.39, 0.29) is 31.2 Å². The lowest BCUT2D eigenvalue weighted by Crippen LogP contribution is -2.44. The summed E-state index contributed by atoms with van der Waals surface area (Å²) in [6.07, 6.45) is -0.804. The SMILES string of the molecule is O=C(NCc1cccnc1)c1cc2c(cn1)CN(C1=NOC(c3cc(Cl)c(F)c(Cl)c3)(C(F)(F)F)C1)C2. The summed E-state index contributed by atoms with van der Waals surface area (Å²) in [4.78, 5) is 27.3. The first-order valence-electron chi connectivity index (χ1n) is 10.9. The minimum Gasteiger partial charge on any atom is -0.372 e. The molecule has 1 N–H and O–H groups in total. The van der Waals surface area contributed by atoms with Crippen LogP contribution in [0.5, 0.6) is 0 Å². The van der Waals surface area contributed by atoms with Crippen LogP contribution < -0.4 is 5.32 Å². The zero-order valence-corrected chi connectivity index (χ0v) is 20.3. The number of carbonyl (C=O) groups excluding carboxylic acids is 1. The van der Waals surface area contributed by atoms with Gasteiger partial charge in [0.1, 0.15) is 11.5 Å². The van der Waals surface area contributed by atoms with Gasteiger partial charge >= 0.3 is 6.18 Å². The van der Waals surface area contributed by atoms with Gasteiger partial charge in [0.15, 0.2) is 5.82 Å². The number of benzene rings is 1. The standard InChI is InChI=1S/C24H17Cl2F4N5O2/c25-17-5-16(6-18(26)21(17)27)23(24(28,29)30)7-20(34-37-23)35-11-14-4-19(32-10-15(14)12-35)22(36)33-9-13-2-1-3-31-8-13/h1-6,8,10H,7,9,11-12H2,(H,33,36). The topological polar surface area (TPSA) is 79.7 Å². The third-order valence-electron chi connectivity index (χ3n) is 6.20. The number of alkyl halides is 3. The Labute approximate surface area is 218 Å². The van der Waals surface area contributed by atoms with Crippen molar-refractivity contribution in [3.05, 3.63) is 92.7 Å². The largest absolute Gasteiger partial charge is 0.435 e. The van der Waals surface area contributed by atoms with Crippen molar-refractivity contribution < 1.29 is 27.2 Å². The molecule has 1 amide bonds. The van der Waals surface area contributed by atoms with E-state index in [1.807, 2.05) is 6.07 Å². The summed E-state index contributed by atoms with van der Waals surface area (Å²) in [5.74, 6) is -1.38. The normalized spacial score (nSPS) is 18.9. The fraction of sp³-hybridized carbons (Fsp3) is 0.250. The molecule has 0 saturated heterocycles. The Hall–Kier alpha value is -3.44. The molecule has 0 radical (unpaired) electrons. The lowest BCUT2D eigenvalue weighted by Gasteiger charge is -2.30. The summed E-state index contributed by atoms with van der Waals surface area (Å²) in [6, 6.07) is 6.86. The molecule has 37 heavy (non-hydrogen) atoms. The molecule has 2 aliphatic rings. The second-order valence-corrected chi connectivity index (χ2v) is 9.41. The number of nitrogens with one attached hydrogen (secondary N) is 1. The van der Waals surface area contributed by atoms with Crippen LogP contribution in [0.25, 0.3) is 0 Å². The maximum Gasteiger partial charge on any atom is 0.435 e. The number of nitrogens with zero attached hydrogens (tertiary/aromatic N) is 4. The number of halogens is 6. The van der Waals surface area contributed by atoms with E-state index in [0.717, 1.165) is 28.8 Å². The average molecular weight is 554 g/mol. The van der Waals surface area contributed by atoms with Crippen LogP contribution in [-0.2, 0) is 30.1 Å². The average Bonchev–Trinajstić information content (AvgIpc) is 3.51. The molecule has 1 atom stereocenters. The maximum absolute atomic E-state index is 14.3. The van der Waals surface area contributed by atoms with E-state index in [9.17, 15) is 22.4 Å². The van der Waals surface area contributed by atoms with Gasteiger partial charge in [-0.3, -0.25) is 14.8 Å². The van der Waals surface area contributed by atoms with Crippen molar-refractivity contribution in [1.29, 1.82) is 0 Å². The number of carbonyl (C=O) groups is 1. The lowest BCUT2D eigenvalue weighted by atomic mass is 9.89. The van der Waals surface area contributed by atoms with Gasteiger partial charge in [-0.25, -0.2) is 4.39 Å². The van der Waals surface area contributed by atoms with Gasteiger partial charge in [0.05, 0.1) is 16.5 Å². The number of hydrogen-bond donors (Lipinski definition) is 1. The van der Waals surface area contributed by atoms with Crippen molar-refractivity contribution in [3.8, 4) is 0 Å². The smallest absolute Gasteiger partial charge is 0.372 e. The van der Waals surface area contributed by atoms with Gasteiger partial charge in [-0.05, 0) is 41.0 Å². The molecular weight excluding hydrogens is 537 g/mol. The van der Waals surface area contributed by atoms with Crippen LogP contribution >= 0.6 is 23.2 Å². The van der Waals surface area contributed by atoms with Crippen LogP contribution in [-0.4, -0.2) is 32.8 Å². The lowest BCUT2D eigenvalue weighted by molar-refractivity contribution is -0.275. The Morgan fingerprint density at radius 2 is 1.86 bits per heavy atom. The van der Waals surface area contributed by atoms with Crippen molar-refractivity contribution >= 4 is 34.9 Å². The number of hydrogen-bond acceptors (Lipinski definition) is 6. The minimum atomic E-state index is -4.91. The van der Waals surface area contributed by atoms with Crippen molar-refractivity contribution in [2.45, 2.75) is 37.8 Å². The molecule has 0 spiro atoms. The molecule has 1 unspecified atom stereocenters. The predicted molar refractivity (Wildman–Crippen MR) is 126 cm³/mol. The molecule has 0 aliphatic carbocycles. The summed E-state index contributed by atoms with van der Waals surface area (Å²) in [5.41, 5.74) is -0.881. The summed E-state index contributed by atoms with van der Waals surface area (Å²) in [7, 11) is 0. The molecule has 0 bridgehead atoms. The second kappa shape index (κ2) is 9.46. The Morgan fingerprint density at radius 3 is 2.54 bits per heavy atom. The second-order valence-electron chi connectivity index (χ2n) is 8.59. The molecule has 0 fully saturated rings. The summed E-state index contributed by atoms with van der Waals surface area (Å²) >= 11 is 11.5. The van der Waals surface area contributed by atoms with E-state index < -0.39 is 45.5 Å². The van der Waals surface area contributed by atoms with E-state index in [4.69, 9.17) is 28.0 Å². The van der Waals surface area contributed by atoms with E-state index in [0.29, 0.717) is 0 Å². The quantitative estimate of drug-likeness (QED) is 0.347. The van der Waals surface area contributed by atoms with Crippen molar-refractivity contribution in [3.63, 3.8) is 0 Å². The Morgan fingerprint density at radius 1 is 1.14 bits per heavy atom. The zero-order chi connectivity index (χ0) is 26.4. The third kappa shape index (κ3) is 4.69. The van der Waals surface area contributed by atoms with Gasteiger partial charge in [-0.2, -0.15) is 13.2 Å². The van der Waals surface area contributed by atoms with E-state index in [1.165, 1.54) is 6.20 Å². The molecule has 4 heterocycles. The highest BCUT2D eigenvalue weighted by atomic mass is 35.5. The van der Waals surface area contributed by atoms with E-state index in [1.54, 1.807) is 29.4 Å². The van der Waals surface area contributed by atoms with Gasteiger partial charge in [0.2, 0.25) is 0 Å². The third-order valence-corrected chi connectivity index (χ3v) is 6.75. The van der Waals surface area contributed by atoms with Crippen LogP contribution in [0.15, 0.2) is 54.1 Å². The van der Waals surface area contributed by atoms with Crippen LogP contribution in [0, 0.1) is 5.82 Å². The fourth-order valence-electron chi connectivity index (χ4n) is 4.21. The molecule has 7 nitrogen and oxygen atoms in total. The zero-order valence-electron chi connectivity index (χ0n) is 18.8. The number of amides is 1. The highest BCUT2D eigenvalue weighted by molar-refractivity contribution is 6.35. The van der Waals surface area contributed by atoms with Crippen LogP contribution in [0.4, 0.5) is 17.6 Å². The molecule has 3 aromatic rings. The van der Waals surface area contributed by atoms with Gasteiger partial charge in [0, 0.05) is 43.8 Å². The monoisotopic (exact) mass is 553 g/mol. The number of aromatic nitrogens is 2. The highest BCUT2D eigenvalue weighted by Gasteiger charge is 2.63. The number of fused-ring (bicyclic) bond motifs is 1. The van der Waals surface area contributed by atoms with Crippen molar-refractivity contribution in [2.75, 3.05) is 0 Å². The Kier molecular flexibility index (Phi) is 6.45. The Bertz CT molecular complexity index is 1380. The van der Waals surface area contributed by atoms with Crippen molar-refractivity contribution in [1.82, 2.24) is 20.2 Å². The van der Waals surface area contributed by atoms with E-state index >= 15 is 0 Å². The molecule has 2 aromatic heterocycles. The van der Waals surface area contributed by atoms with Gasteiger partial charge in [-0.1, -0.05) is 34.4 Å². The van der Waals surface area contributed by atoms with Gasteiger partial charge in [0.25, 0.3) is 11.5 Å². The molecule has 2 aliphatic heterocycles. The minimum absolute atomic E-state index is 0.0349. The van der Waals surface area contributed by atoms with Gasteiger partial charge < -0.3 is 15.1 Å². The molecule has 13 heteroatoms. The first kappa shape index (κ1) is 25.2. The summed E-state index contributed by atoms with van der Waals surface area (Å²) in [6.45, 7) is 0.686. The molecular formula is C24H17Cl2F4N5O2. The number of amidine groups is 1.